The van der Waals surface area contributed by atoms with Crippen LogP contribution in [0.4, 0.5) is 0 Å². The van der Waals surface area contributed by atoms with Crippen LogP contribution in [0.3, 0.4) is 0 Å². The van der Waals surface area contributed by atoms with E-state index < -0.39 is 0 Å². The Morgan fingerprint density at radius 2 is 2.10 bits per heavy atom. The molecule has 1 N–H and O–H groups in total. The predicted molar refractivity (Wildman–Crippen MR) is 82.0 cm³/mol. The Morgan fingerprint density at radius 1 is 1.29 bits per heavy atom. The number of rotatable bonds is 5. The minimum Gasteiger partial charge on any atom is -0.440 e. The Hall–Kier alpha value is -2.08. The van der Waals surface area contributed by atoms with Crippen molar-refractivity contribution in [2.45, 2.75) is 30.7 Å². The van der Waals surface area contributed by atoms with Crippen molar-refractivity contribution in [1.82, 2.24) is 20.2 Å². The van der Waals surface area contributed by atoms with Gasteiger partial charge in [-0.1, -0.05) is 49.0 Å². The minimum absolute atomic E-state index is 0.0583. The van der Waals surface area contributed by atoms with E-state index >= 15 is 0 Å². The number of H-pyrrole nitrogens is 1. The van der Waals surface area contributed by atoms with Crippen LogP contribution in [0.1, 0.15) is 30.8 Å². The summed E-state index contributed by atoms with van der Waals surface area (Å²) in [6.45, 7) is 4.08. The zero-order valence-electron chi connectivity index (χ0n) is 11.9. The zero-order valence-corrected chi connectivity index (χ0v) is 12.7. The van der Waals surface area contributed by atoms with Gasteiger partial charge in [-0.3, -0.25) is 5.10 Å². The lowest BCUT2D eigenvalue weighted by Gasteiger charge is -2.03. The molecule has 1 unspecified atom stereocenters. The SMILES string of the molecule is CCc1nc(SC(C)c2ncc(-c3ccccc3)o2)n[nH]1. The minimum atomic E-state index is 0.0583. The fraction of sp³-hybridized carbons (Fsp3) is 0.267. The number of aryl methyl sites for hydroxylation is 1. The van der Waals surface area contributed by atoms with Gasteiger partial charge in [0.1, 0.15) is 5.82 Å². The van der Waals surface area contributed by atoms with Crippen LogP contribution in [0, 0.1) is 0 Å². The van der Waals surface area contributed by atoms with Crippen LogP contribution in [-0.4, -0.2) is 20.2 Å². The molecule has 0 saturated heterocycles. The van der Waals surface area contributed by atoms with Gasteiger partial charge in [0.05, 0.1) is 11.4 Å². The second-order valence-electron chi connectivity index (χ2n) is 4.61. The number of aromatic nitrogens is 4. The quantitative estimate of drug-likeness (QED) is 0.724. The van der Waals surface area contributed by atoms with Crippen molar-refractivity contribution in [3.05, 3.63) is 48.2 Å². The fourth-order valence-corrected chi connectivity index (χ4v) is 2.70. The van der Waals surface area contributed by atoms with E-state index in [0.29, 0.717) is 5.89 Å². The van der Waals surface area contributed by atoms with Gasteiger partial charge in [-0.2, -0.15) is 0 Å². The zero-order chi connectivity index (χ0) is 14.7. The summed E-state index contributed by atoms with van der Waals surface area (Å²) in [6.07, 6.45) is 2.61. The Balaban J connectivity index is 1.73. The van der Waals surface area contributed by atoms with Crippen LogP contribution < -0.4 is 0 Å². The van der Waals surface area contributed by atoms with E-state index in [1.165, 1.54) is 11.8 Å². The molecule has 0 spiro atoms. The molecule has 108 valence electrons. The first kappa shape index (κ1) is 13.9. The van der Waals surface area contributed by atoms with E-state index in [1.807, 2.05) is 44.2 Å². The summed E-state index contributed by atoms with van der Waals surface area (Å²) in [5.74, 6) is 2.35. The highest BCUT2D eigenvalue weighted by Gasteiger charge is 2.17. The van der Waals surface area contributed by atoms with Gasteiger partial charge < -0.3 is 4.42 Å². The molecule has 2 heterocycles. The van der Waals surface area contributed by atoms with Crippen LogP contribution in [0.25, 0.3) is 11.3 Å². The van der Waals surface area contributed by atoms with Crippen LogP contribution in [0.15, 0.2) is 46.1 Å². The molecule has 0 aliphatic heterocycles. The van der Waals surface area contributed by atoms with E-state index in [1.54, 1.807) is 6.20 Å². The van der Waals surface area contributed by atoms with Crippen molar-refractivity contribution in [3.63, 3.8) is 0 Å². The van der Waals surface area contributed by atoms with Crippen molar-refractivity contribution in [2.75, 3.05) is 0 Å². The maximum Gasteiger partial charge on any atom is 0.209 e. The molecule has 0 radical (unpaired) electrons. The lowest BCUT2D eigenvalue weighted by atomic mass is 10.2. The molecule has 0 saturated carbocycles. The maximum absolute atomic E-state index is 5.84. The highest BCUT2D eigenvalue weighted by Crippen LogP contribution is 2.33. The van der Waals surface area contributed by atoms with Crippen LogP contribution >= 0.6 is 11.8 Å². The van der Waals surface area contributed by atoms with E-state index in [4.69, 9.17) is 4.42 Å². The van der Waals surface area contributed by atoms with Gasteiger partial charge in [-0.05, 0) is 6.92 Å². The van der Waals surface area contributed by atoms with Crippen LogP contribution in [0.2, 0.25) is 0 Å². The van der Waals surface area contributed by atoms with Crippen LogP contribution in [0.5, 0.6) is 0 Å². The highest BCUT2D eigenvalue weighted by molar-refractivity contribution is 7.99. The fourth-order valence-electron chi connectivity index (χ4n) is 1.91. The Kier molecular flexibility index (Phi) is 4.06. The smallest absolute Gasteiger partial charge is 0.209 e. The van der Waals surface area contributed by atoms with Gasteiger partial charge in [-0.25, -0.2) is 9.97 Å². The molecular weight excluding hydrogens is 284 g/mol. The standard InChI is InChI=1S/C15H16N4OS/c1-3-13-17-15(19-18-13)21-10(2)14-16-9-12(20-14)11-7-5-4-6-8-11/h4-10H,3H2,1-2H3,(H,17,18,19). The van der Waals surface area contributed by atoms with Crippen molar-refractivity contribution < 1.29 is 4.42 Å². The van der Waals surface area contributed by atoms with Gasteiger partial charge in [0, 0.05) is 12.0 Å². The lowest BCUT2D eigenvalue weighted by Crippen LogP contribution is -1.89. The highest BCUT2D eigenvalue weighted by atomic mass is 32.2. The first-order chi connectivity index (χ1) is 10.3. The molecule has 6 heteroatoms. The van der Waals surface area contributed by atoms with Gasteiger partial charge in [0.15, 0.2) is 5.76 Å². The van der Waals surface area contributed by atoms with E-state index in [-0.39, 0.29) is 5.25 Å². The topological polar surface area (TPSA) is 67.6 Å². The molecule has 1 aromatic carbocycles. The Labute approximate surface area is 127 Å². The second kappa shape index (κ2) is 6.13. The number of thioether (sulfide) groups is 1. The third-order valence-electron chi connectivity index (χ3n) is 3.06. The Morgan fingerprint density at radius 3 is 2.81 bits per heavy atom. The first-order valence-electron chi connectivity index (χ1n) is 6.85. The lowest BCUT2D eigenvalue weighted by molar-refractivity contribution is 0.510. The summed E-state index contributed by atoms with van der Waals surface area (Å²) in [7, 11) is 0. The predicted octanol–water partition coefficient (Wildman–Crippen LogP) is 3.88. The average molecular weight is 300 g/mol. The van der Waals surface area contributed by atoms with Crippen molar-refractivity contribution >= 4 is 11.8 Å². The molecule has 0 fully saturated rings. The molecule has 3 rings (SSSR count). The van der Waals surface area contributed by atoms with Gasteiger partial charge in [0.2, 0.25) is 11.0 Å². The van der Waals surface area contributed by atoms with E-state index in [2.05, 4.69) is 20.2 Å². The summed E-state index contributed by atoms with van der Waals surface area (Å²) in [5.41, 5.74) is 1.03. The number of hydrogen-bond acceptors (Lipinski definition) is 5. The molecule has 0 bridgehead atoms. The van der Waals surface area contributed by atoms with Crippen molar-refractivity contribution in [3.8, 4) is 11.3 Å². The normalized spacial score (nSPS) is 12.5. The number of aromatic amines is 1. The third-order valence-corrected chi connectivity index (χ3v) is 4.01. The molecular formula is C15H16N4OS. The number of benzene rings is 1. The van der Waals surface area contributed by atoms with Gasteiger partial charge in [0.25, 0.3) is 0 Å². The molecule has 0 amide bonds. The summed E-state index contributed by atoms with van der Waals surface area (Å²) >= 11 is 1.53. The molecule has 0 aliphatic carbocycles. The largest absolute Gasteiger partial charge is 0.440 e. The van der Waals surface area contributed by atoms with Gasteiger partial charge >= 0.3 is 0 Å². The monoisotopic (exact) mass is 300 g/mol. The second-order valence-corrected chi connectivity index (χ2v) is 5.92. The van der Waals surface area contributed by atoms with Gasteiger partial charge in [-0.15, -0.1) is 5.10 Å². The van der Waals surface area contributed by atoms with Crippen molar-refractivity contribution in [1.29, 1.82) is 0 Å². The average Bonchev–Trinajstić information content (AvgIpc) is 3.17. The summed E-state index contributed by atoms with van der Waals surface area (Å²) < 4.78 is 5.84. The van der Waals surface area contributed by atoms with E-state index in [9.17, 15) is 0 Å². The van der Waals surface area contributed by atoms with Crippen molar-refractivity contribution in [2.24, 2.45) is 0 Å². The number of oxazole rings is 1. The van der Waals surface area contributed by atoms with E-state index in [0.717, 1.165) is 28.7 Å². The molecule has 3 aromatic rings. The summed E-state index contributed by atoms with van der Waals surface area (Å²) in [6, 6.07) is 9.95. The summed E-state index contributed by atoms with van der Waals surface area (Å²) in [4.78, 5) is 8.75. The number of nitrogens with one attached hydrogen (secondary N) is 1. The maximum atomic E-state index is 5.84. The molecule has 5 nitrogen and oxygen atoms in total. The third kappa shape index (κ3) is 3.16. The molecule has 1 atom stereocenters. The molecule has 2 aromatic heterocycles. The summed E-state index contributed by atoms with van der Waals surface area (Å²) in [5, 5.41) is 7.86. The van der Waals surface area contributed by atoms with Crippen LogP contribution in [-0.2, 0) is 6.42 Å². The first-order valence-corrected chi connectivity index (χ1v) is 7.73. The Bertz CT molecular complexity index is 707. The number of hydrogen-bond donors (Lipinski definition) is 1. The number of nitrogens with zero attached hydrogens (tertiary/aromatic N) is 3. The molecule has 0 aliphatic rings. The molecule has 21 heavy (non-hydrogen) atoms.